The van der Waals surface area contributed by atoms with Gasteiger partial charge in [-0.15, -0.1) is 0 Å². The van der Waals surface area contributed by atoms with E-state index in [4.69, 9.17) is 0 Å². The largest absolute Gasteiger partial charge is 0.418 e. The first-order valence-corrected chi connectivity index (χ1v) is 10.1. The van der Waals surface area contributed by atoms with Gasteiger partial charge in [-0.2, -0.15) is 13.2 Å². The van der Waals surface area contributed by atoms with Gasteiger partial charge in [-0.1, -0.05) is 12.1 Å². The summed E-state index contributed by atoms with van der Waals surface area (Å²) in [6.45, 7) is 5.45. The molecule has 1 heterocycles. The summed E-state index contributed by atoms with van der Waals surface area (Å²) in [6, 6.07) is 9.53. The Kier molecular flexibility index (Phi) is 6.30. The van der Waals surface area contributed by atoms with E-state index >= 15 is 0 Å². The van der Waals surface area contributed by atoms with Crippen LogP contribution in [0.15, 0.2) is 42.6 Å². The number of benzene rings is 1. The molecule has 0 aliphatic heterocycles. The quantitative estimate of drug-likeness (QED) is 0.549. The summed E-state index contributed by atoms with van der Waals surface area (Å²) < 4.78 is 53.4. The first kappa shape index (κ1) is 20.4. The van der Waals surface area contributed by atoms with Crippen molar-refractivity contribution in [3.8, 4) is 0 Å². The molecule has 25 heavy (non-hydrogen) atoms. The second-order valence-electron chi connectivity index (χ2n) is 6.66. The van der Waals surface area contributed by atoms with E-state index < -0.39 is 33.2 Å². The van der Waals surface area contributed by atoms with Crippen LogP contribution in [0, 0.1) is 3.57 Å². The van der Waals surface area contributed by atoms with Crippen molar-refractivity contribution in [1.29, 1.82) is 0 Å². The zero-order valence-electron chi connectivity index (χ0n) is 14.1. The van der Waals surface area contributed by atoms with E-state index in [9.17, 15) is 17.4 Å². The molecule has 0 amide bonds. The first-order chi connectivity index (χ1) is 11.5. The molecule has 7 heteroatoms. The van der Waals surface area contributed by atoms with Gasteiger partial charge in [0.25, 0.3) is 0 Å². The molecule has 1 aromatic carbocycles. The van der Waals surface area contributed by atoms with Crippen LogP contribution in [-0.4, -0.2) is 19.7 Å². The zero-order valence-corrected chi connectivity index (χ0v) is 17.1. The van der Waals surface area contributed by atoms with Gasteiger partial charge in [0.1, 0.15) is 0 Å². The highest BCUT2D eigenvalue weighted by molar-refractivity contribution is 14.1. The normalized spacial score (nSPS) is 15.0. The molecule has 0 bridgehead atoms. The van der Waals surface area contributed by atoms with E-state index in [1.807, 2.05) is 32.9 Å². The zero-order chi connectivity index (χ0) is 18.8. The van der Waals surface area contributed by atoms with Gasteiger partial charge in [0.2, 0.25) is 0 Å². The van der Waals surface area contributed by atoms with Gasteiger partial charge >= 0.3 is 6.18 Å². The SMILES string of the molecule is CC(C)(C)S(=O)CC(c1ccc(I)cc1)c1ncccc1C(F)(F)F. The lowest BCUT2D eigenvalue weighted by molar-refractivity contribution is -0.138. The van der Waals surface area contributed by atoms with Crippen molar-refractivity contribution >= 4 is 33.4 Å². The summed E-state index contributed by atoms with van der Waals surface area (Å²) in [7, 11) is -1.32. The molecule has 2 nitrogen and oxygen atoms in total. The molecule has 0 saturated carbocycles. The van der Waals surface area contributed by atoms with Crippen molar-refractivity contribution in [2.45, 2.75) is 37.6 Å². The number of halogens is 4. The van der Waals surface area contributed by atoms with Crippen LogP contribution in [0.4, 0.5) is 13.2 Å². The van der Waals surface area contributed by atoms with Gasteiger partial charge in [-0.05, 0) is 73.2 Å². The lowest BCUT2D eigenvalue weighted by Gasteiger charge is -2.25. The molecule has 2 rings (SSSR count). The van der Waals surface area contributed by atoms with Crippen molar-refractivity contribution in [1.82, 2.24) is 4.98 Å². The third-order valence-corrected chi connectivity index (χ3v) is 6.47. The number of alkyl halides is 3. The third-order valence-electron chi connectivity index (χ3n) is 3.75. The molecular formula is C18H19F3INOS. The van der Waals surface area contributed by atoms with Crippen LogP contribution in [-0.2, 0) is 17.0 Å². The van der Waals surface area contributed by atoms with Crippen LogP contribution in [0.2, 0.25) is 0 Å². The molecule has 2 unspecified atom stereocenters. The van der Waals surface area contributed by atoms with Crippen LogP contribution in [0.3, 0.4) is 0 Å². The van der Waals surface area contributed by atoms with E-state index in [2.05, 4.69) is 27.6 Å². The van der Waals surface area contributed by atoms with E-state index in [0.29, 0.717) is 5.56 Å². The number of hydrogen-bond acceptors (Lipinski definition) is 2. The number of pyridine rings is 1. The van der Waals surface area contributed by atoms with E-state index in [1.165, 1.54) is 12.3 Å². The van der Waals surface area contributed by atoms with Crippen LogP contribution < -0.4 is 0 Å². The lowest BCUT2D eigenvalue weighted by Crippen LogP contribution is -2.28. The molecular weight excluding hydrogens is 462 g/mol. The van der Waals surface area contributed by atoms with Gasteiger partial charge in [0.15, 0.2) is 0 Å². The van der Waals surface area contributed by atoms with E-state index in [0.717, 1.165) is 9.64 Å². The molecule has 0 N–H and O–H groups in total. The highest BCUT2D eigenvalue weighted by atomic mass is 127. The first-order valence-electron chi connectivity index (χ1n) is 7.66. The minimum Gasteiger partial charge on any atom is -0.260 e. The molecule has 2 atom stereocenters. The fraction of sp³-hybridized carbons (Fsp3) is 0.389. The van der Waals surface area contributed by atoms with Gasteiger partial charge in [0.05, 0.1) is 11.3 Å². The Balaban J connectivity index is 2.56. The Morgan fingerprint density at radius 1 is 1.12 bits per heavy atom. The summed E-state index contributed by atoms with van der Waals surface area (Å²) in [6.07, 6.45) is -3.15. The second kappa shape index (κ2) is 7.73. The van der Waals surface area contributed by atoms with Gasteiger partial charge in [-0.25, -0.2) is 0 Å². The monoisotopic (exact) mass is 481 g/mol. The van der Waals surface area contributed by atoms with E-state index in [1.54, 1.807) is 12.1 Å². The van der Waals surface area contributed by atoms with Crippen LogP contribution >= 0.6 is 22.6 Å². The van der Waals surface area contributed by atoms with Gasteiger partial charge in [-0.3, -0.25) is 9.19 Å². The summed E-state index contributed by atoms with van der Waals surface area (Å²) in [5.74, 6) is -0.598. The molecule has 0 radical (unpaired) electrons. The molecule has 1 aromatic heterocycles. The fourth-order valence-corrected chi connectivity index (χ4v) is 3.88. The summed E-state index contributed by atoms with van der Waals surface area (Å²) in [5, 5.41) is 0. The highest BCUT2D eigenvalue weighted by Gasteiger charge is 2.37. The maximum atomic E-state index is 13.4. The molecule has 2 aromatic rings. The minimum atomic E-state index is -4.51. The highest BCUT2D eigenvalue weighted by Crippen LogP contribution is 2.37. The Bertz CT molecular complexity index is 754. The molecule has 0 aliphatic carbocycles. The predicted molar refractivity (Wildman–Crippen MR) is 103 cm³/mol. The molecule has 0 aliphatic rings. The van der Waals surface area contributed by atoms with Crippen LogP contribution in [0.25, 0.3) is 0 Å². The summed E-state index contributed by atoms with van der Waals surface area (Å²) >= 11 is 2.14. The molecule has 0 saturated heterocycles. The lowest BCUT2D eigenvalue weighted by atomic mass is 9.93. The van der Waals surface area contributed by atoms with Crippen molar-refractivity contribution in [3.05, 3.63) is 63.0 Å². The van der Waals surface area contributed by atoms with Gasteiger partial charge < -0.3 is 0 Å². The Hall–Kier alpha value is -0.960. The Morgan fingerprint density at radius 2 is 1.72 bits per heavy atom. The summed E-state index contributed by atoms with van der Waals surface area (Å²) in [4.78, 5) is 4.02. The molecule has 0 fully saturated rings. The number of rotatable bonds is 4. The minimum absolute atomic E-state index is 0.0752. The maximum Gasteiger partial charge on any atom is 0.418 e. The van der Waals surface area contributed by atoms with Crippen molar-refractivity contribution < 1.29 is 17.4 Å². The number of hydrogen-bond donors (Lipinski definition) is 0. The summed E-state index contributed by atoms with van der Waals surface area (Å²) in [5.41, 5.74) is -0.166. The average Bonchev–Trinajstić information content (AvgIpc) is 2.51. The Labute approximate surface area is 161 Å². The van der Waals surface area contributed by atoms with Crippen molar-refractivity contribution in [3.63, 3.8) is 0 Å². The second-order valence-corrected chi connectivity index (χ2v) is 10.2. The third kappa shape index (κ3) is 5.26. The Morgan fingerprint density at radius 3 is 2.24 bits per heavy atom. The van der Waals surface area contributed by atoms with Crippen LogP contribution in [0.1, 0.15) is 43.5 Å². The molecule has 136 valence electrons. The smallest absolute Gasteiger partial charge is 0.260 e. The van der Waals surface area contributed by atoms with Crippen LogP contribution in [0.5, 0.6) is 0 Å². The fourth-order valence-electron chi connectivity index (χ4n) is 2.36. The number of aromatic nitrogens is 1. The average molecular weight is 481 g/mol. The topological polar surface area (TPSA) is 30.0 Å². The van der Waals surface area contributed by atoms with Crippen molar-refractivity contribution in [2.24, 2.45) is 0 Å². The number of nitrogens with zero attached hydrogens (tertiary/aromatic N) is 1. The van der Waals surface area contributed by atoms with Crippen molar-refractivity contribution in [2.75, 3.05) is 5.75 Å². The standard InChI is InChI=1S/C18H19F3INOS/c1-17(2,3)25(24)11-14(12-6-8-13(22)9-7-12)16-15(18(19,20)21)5-4-10-23-16/h4-10,14H,11H2,1-3H3. The van der Waals surface area contributed by atoms with E-state index in [-0.39, 0.29) is 11.4 Å². The maximum absolute atomic E-state index is 13.4. The molecule has 0 spiro atoms. The predicted octanol–water partition coefficient (Wildman–Crippen LogP) is 5.38. The van der Waals surface area contributed by atoms with Gasteiger partial charge in [0, 0.05) is 37.0 Å².